The molecule has 0 aliphatic carbocycles. The van der Waals surface area contributed by atoms with Crippen molar-refractivity contribution in [2.45, 2.75) is 11.8 Å². The third-order valence-corrected chi connectivity index (χ3v) is 4.66. The molecule has 0 saturated carbocycles. The number of benzene rings is 2. The van der Waals surface area contributed by atoms with E-state index in [4.69, 9.17) is 4.74 Å². The Bertz CT molecular complexity index is 753. The van der Waals surface area contributed by atoms with E-state index < -0.39 is 10.0 Å². The van der Waals surface area contributed by atoms with Crippen molar-refractivity contribution in [3.8, 4) is 5.75 Å². The van der Waals surface area contributed by atoms with Crippen LogP contribution in [0.5, 0.6) is 5.75 Å². The van der Waals surface area contributed by atoms with Crippen molar-refractivity contribution in [2.75, 3.05) is 30.8 Å². The van der Waals surface area contributed by atoms with Gasteiger partial charge in [-0.1, -0.05) is 17.7 Å². The monoisotopic (exact) mass is 320 g/mol. The van der Waals surface area contributed by atoms with Crippen molar-refractivity contribution in [3.05, 3.63) is 48.0 Å². The Morgan fingerprint density at radius 1 is 1.05 bits per heavy atom. The molecule has 0 aliphatic rings. The summed E-state index contributed by atoms with van der Waals surface area (Å²) in [5.41, 5.74) is 2.34. The fourth-order valence-electron chi connectivity index (χ4n) is 1.96. The average Bonchev–Trinajstić information content (AvgIpc) is 2.47. The Labute approximate surface area is 131 Å². The van der Waals surface area contributed by atoms with E-state index in [1.165, 1.54) is 7.11 Å². The number of rotatable bonds is 5. The second kappa shape index (κ2) is 6.27. The number of hydrogen-bond donors (Lipinski definition) is 1. The molecule has 118 valence electrons. The summed E-state index contributed by atoms with van der Waals surface area (Å²) in [6.45, 7) is 1.91. The SMILES string of the molecule is COc1cc(N(C)C)ccc1NS(=O)(=O)c1ccc(C)cc1. The topological polar surface area (TPSA) is 58.6 Å². The van der Waals surface area contributed by atoms with Gasteiger partial charge in [-0.05, 0) is 31.2 Å². The van der Waals surface area contributed by atoms with Crippen molar-refractivity contribution < 1.29 is 13.2 Å². The first-order valence-electron chi connectivity index (χ1n) is 6.78. The van der Waals surface area contributed by atoms with Gasteiger partial charge < -0.3 is 9.64 Å². The zero-order valence-electron chi connectivity index (χ0n) is 13.1. The molecule has 5 nitrogen and oxygen atoms in total. The normalized spacial score (nSPS) is 11.1. The predicted molar refractivity (Wildman–Crippen MR) is 89.3 cm³/mol. The van der Waals surface area contributed by atoms with Crippen LogP contribution in [0.3, 0.4) is 0 Å². The first kappa shape index (κ1) is 16.2. The minimum atomic E-state index is -3.64. The van der Waals surface area contributed by atoms with Gasteiger partial charge in [0.2, 0.25) is 0 Å². The number of anilines is 2. The third-order valence-electron chi connectivity index (χ3n) is 3.28. The van der Waals surface area contributed by atoms with Crippen LogP contribution in [0, 0.1) is 6.92 Å². The van der Waals surface area contributed by atoms with Gasteiger partial charge in [-0.25, -0.2) is 8.42 Å². The molecule has 0 amide bonds. The van der Waals surface area contributed by atoms with E-state index in [1.54, 1.807) is 36.4 Å². The second-order valence-electron chi connectivity index (χ2n) is 5.20. The maximum absolute atomic E-state index is 12.4. The number of sulfonamides is 1. The molecule has 1 N–H and O–H groups in total. The maximum atomic E-state index is 12.4. The van der Waals surface area contributed by atoms with Gasteiger partial charge in [-0.2, -0.15) is 0 Å². The molecule has 0 aliphatic heterocycles. The van der Waals surface area contributed by atoms with E-state index in [0.29, 0.717) is 11.4 Å². The molecular formula is C16H20N2O3S. The maximum Gasteiger partial charge on any atom is 0.262 e. The Morgan fingerprint density at radius 3 is 2.23 bits per heavy atom. The lowest BCUT2D eigenvalue weighted by Gasteiger charge is -2.17. The summed E-state index contributed by atoms with van der Waals surface area (Å²) in [6, 6.07) is 12.0. The summed E-state index contributed by atoms with van der Waals surface area (Å²) >= 11 is 0. The number of nitrogens with zero attached hydrogens (tertiary/aromatic N) is 1. The lowest BCUT2D eigenvalue weighted by Crippen LogP contribution is -2.14. The van der Waals surface area contributed by atoms with Crippen LogP contribution in [0.15, 0.2) is 47.4 Å². The first-order valence-corrected chi connectivity index (χ1v) is 8.26. The molecule has 0 radical (unpaired) electrons. The van der Waals surface area contributed by atoms with E-state index in [-0.39, 0.29) is 4.90 Å². The van der Waals surface area contributed by atoms with Crippen LogP contribution >= 0.6 is 0 Å². The summed E-state index contributed by atoms with van der Waals surface area (Å²) in [5, 5.41) is 0. The first-order chi connectivity index (χ1) is 10.3. The zero-order valence-corrected chi connectivity index (χ0v) is 13.9. The van der Waals surface area contributed by atoms with Crippen molar-refractivity contribution >= 4 is 21.4 Å². The molecule has 2 aromatic rings. The standard InChI is InChI=1S/C16H20N2O3S/c1-12-5-8-14(9-6-12)22(19,20)17-15-10-7-13(18(2)3)11-16(15)21-4/h5-11,17H,1-4H3. The fraction of sp³-hybridized carbons (Fsp3) is 0.250. The minimum absolute atomic E-state index is 0.219. The summed E-state index contributed by atoms with van der Waals surface area (Å²) in [6.07, 6.45) is 0. The third kappa shape index (κ3) is 3.51. The van der Waals surface area contributed by atoms with E-state index in [2.05, 4.69) is 4.72 Å². The van der Waals surface area contributed by atoms with E-state index in [1.807, 2.05) is 32.0 Å². The molecule has 0 saturated heterocycles. The second-order valence-corrected chi connectivity index (χ2v) is 6.88. The number of ether oxygens (including phenoxy) is 1. The largest absolute Gasteiger partial charge is 0.494 e. The highest BCUT2D eigenvalue weighted by Crippen LogP contribution is 2.30. The Balaban J connectivity index is 2.35. The highest BCUT2D eigenvalue weighted by Gasteiger charge is 2.16. The molecule has 22 heavy (non-hydrogen) atoms. The fourth-order valence-corrected chi connectivity index (χ4v) is 3.03. The van der Waals surface area contributed by atoms with Gasteiger partial charge in [-0.3, -0.25) is 4.72 Å². The van der Waals surface area contributed by atoms with Crippen LogP contribution in [-0.4, -0.2) is 29.6 Å². The smallest absolute Gasteiger partial charge is 0.262 e. The number of aryl methyl sites for hydroxylation is 1. The van der Waals surface area contributed by atoms with Gasteiger partial charge in [-0.15, -0.1) is 0 Å². The van der Waals surface area contributed by atoms with Crippen molar-refractivity contribution in [1.82, 2.24) is 0 Å². The van der Waals surface area contributed by atoms with Gasteiger partial charge >= 0.3 is 0 Å². The molecule has 0 heterocycles. The Kier molecular flexibility index (Phi) is 4.61. The van der Waals surface area contributed by atoms with Gasteiger partial charge in [0.05, 0.1) is 17.7 Å². The highest BCUT2D eigenvalue weighted by molar-refractivity contribution is 7.92. The number of hydrogen-bond acceptors (Lipinski definition) is 4. The summed E-state index contributed by atoms with van der Waals surface area (Å²) < 4.78 is 32.7. The molecule has 6 heteroatoms. The van der Waals surface area contributed by atoms with Crippen molar-refractivity contribution in [3.63, 3.8) is 0 Å². The summed E-state index contributed by atoms with van der Waals surface area (Å²) in [7, 11) is 1.69. The molecule has 0 fully saturated rings. The molecular weight excluding hydrogens is 300 g/mol. The van der Waals surface area contributed by atoms with Crippen LogP contribution in [0.4, 0.5) is 11.4 Å². The quantitative estimate of drug-likeness (QED) is 0.920. The Morgan fingerprint density at radius 2 is 1.68 bits per heavy atom. The van der Waals surface area contributed by atoms with E-state index in [0.717, 1.165) is 11.3 Å². The zero-order chi connectivity index (χ0) is 16.3. The molecule has 0 spiro atoms. The van der Waals surface area contributed by atoms with E-state index >= 15 is 0 Å². The van der Waals surface area contributed by atoms with Crippen LogP contribution in [-0.2, 0) is 10.0 Å². The minimum Gasteiger partial charge on any atom is -0.494 e. The average molecular weight is 320 g/mol. The Hall–Kier alpha value is -2.21. The molecule has 0 atom stereocenters. The lowest BCUT2D eigenvalue weighted by molar-refractivity contribution is 0.417. The number of nitrogens with one attached hydrogen (secondary N) is 1. The van der Waals surface area contributed by atoms with Crippen LogP contribution in [0.1, 0.15) is 5.56 Å². The molecule has 0 unspecified atom stereocenters. The molecule has 0 aromatic heterocycles. The van der Waals surface area contributed by atoms with Gasteiger partial charge in [0.15, 0.2) is 0 Å². The van der Waals surface area contributed by atoms with Crippen molar-refractivity contribution in [1.29, 1.82) is 0 Å². The van der Waals surface area contributed by atoms with Crippen LogP contribution in [0.25, 0.3) is 0 Å². The molecule has 0 bridgehead atoms. The predicted octanol–water partition coefficient (Wildman–Crippen LogP) is 2.87. The van der Waals surface area contributed by atoms with Crippen molar-refractivity contribution in [2.24, 2.45) is 0 Å². The van der Waals surface area contributed by atoms with Gasteiger partial charge in [0.25, 0.3) is 10.0 Å². The summed E-state index contributed by atoms with van der Waals surface area (Å²) in [4.78, 5) is 2.14. The van der Waals surface area contributed by atoms with Crippen LogP contribution in [0.2, 0.25) is 0 Å². The molecule has 2 aromatic carbocycles. The van der Waals surface area contributed by atoms with Gasteiger partial charge in [0.1, 0.15) is 5.75 Å². The highest BCUT2D eigenvalue weighted by atomic mass is 32.2. The lowest BCUT2D eigenvalue weighted by atomic mass is 10.2. The van der Waals surface area contributed by atoms with E-state index in [9.17, 15) is 8.42 Å². The summed E-state index contributed by atoms with van der Waals surface area (Å²) in [5.74, 6) is 0.474. The van der Waals surface area contributed by atoms with Gasteiger partial charge in [0, 0.05) is 25.8 Å². The number of methoxy groups -OCH3 is 1. The molecule has 2 rings (SSSR count). The van der Waals surface area contributed by atoms with Crippen LogP contribution < -0.4 is 14.4 Å².